The molecule has 5 rings (SSSR count). The van der Waals surface area contributed by atoms with Crippen molar-refractivity contribution in [2.45, 2.75) is 32.5 Å². The molecule has 2 aromatic carbocycles. The van der Waals surface area contributed by atoms with Gasteiger partial charge in [-0.25, -0.2) is 18.7 Å². The largest absolute Gasteiger partial charge is 0.392 e. The average molecular weight is 533 g/mol. The summed E-state index contributed by atoms with van der Waals surface area (Å²) in [4.78, 5) is 13.8. The molecule has 1 aliphatic rings. The summed E-state index contributed by atoms with van der Waals surface area (Å²) in [5.41, 5.74) is 2.91. The SMILES string of the molecule is OCc1cc(Cl)c(-c2nc3cnc(NCc4ccc(F)c(F)c4)nc3n2C[C@@H]2CCCNC2)c(Cl)c1. The van der Waals surface area contributed by atoms with Gasteiger partial charge >= 0.3 is 0 Å². The fourth-order valence-electron chi connectivity index (χ4n) is 4.47. The second-order valence-electron chi connectivity index (χ2n) is 8.86. The summed E-state index contributed by atoms with van der Waals surface area (Å²) in [6.45, 7) is 2.55. The number of benzene rings is 2. The van der Waals surface area contributed by atoms with Crippen LogP contribution in [0.4, 0.5) is 14.7 Å². The standard InChI is InChI=1S/C25H24Cl2F2N6O/c26-17-6-16(13-36)7-18(27)22(17)24-33-21-11-32-25(31-10-14-3-4-19(28)20(29)8-14)34-23(21)35(24)12-15-2-1-5-30-9-15/h3-4,6-8,11,15,30,36H,1-2,5,9-10,12-13H2,(H,31,32,34)/t15-/m1/s1. The Kier molecular flexibility index (Phi) is 7.34. The number of piperidine rings is 1. The lowest BCUT2D eigenvalue weighted by molar-refractivity contribution is 0.282. The summed E-state index contributed by atoms with van der Waals surface area (Å²) >= 11 is 13.2. The predicted molar refractivity (Wildman–Crippen MR) is 136 cm³/mol. The lowest BCUT2D eigenvalue weighted by Gasteiger charge is -2.24. The molecule has 3 heterocycles. The molecule has 7 nitrogen and oxygen atoms in total. The van der Waals surface area contributed by atoms with E-state index in [4.69, 9.17) is 33.2 Å². The first-order valence-corrected chi connectivity index (χ1v) is 12.4. The summed E-state index contributed by atoms with van der Waals surface area (Å²) in [5, 5.41) is 16.8. The molecule has 2 aromatic heterocycles. The van der Waals surface area contributed by atoms with E-state index >= 15 is 0 Å². The third kappa shape index (κ3) is 5.15. The van der Waals surface area contributed by atoms with E-state index in [2.05, 4.69) is 15.6 Å². The van der Waals surface area contributed by atoms with Crippen molar-refractivity contribution in [3.63, 3.8) is 0 Å². The van der Waals surface area contributed by atoms with Gasteiger partial charge in [-0.1, -0.05) is 29.3 Å². The molecule has 11 heteroatoms. The fourth-order valence-corrected chi connectivity index (χ4v) is 5.17. The molecule has 0 bridgehead atoms. The highest BCUT2D eigenvalue weighted by molar-refractivity contribution is 6.39. The lowest BCUT2D eigenvalue weighted by atomic mass is 9.99. The van der Waals surface area contributed by atoms with Crippen LogP contribution in [0.1, 0.15) is 24.0 Å². The van der Waals surface area contributed by atoms with Crippen molar-refractivity contribution in [3.05, 3.63) is 69.3 Å². The Morgan fingerprint density at radius 2 is 1.89 bits per heavy atom. The molecule has 0 spiro atoms. The second-order valence-corrected chi connectivity index (χ2v) is 9.67. The molecule has 0 amide bonds. The molecule has 1 fully saturated rings. The van der Waals surface area contributed by atoms with Crippen molar-refractivity contribution in [2.24, 2.45) is 5.92 Å². The number of anilines is 1. The van der Waals surface area contributed by atoms with Crippen molar-refractivity contribution in [1.82, 2.24) is 24.8 Å². The maximum atomic E-state index is 13.6. The van der Waals surface area contributed by atoms with Crippen LogP contribution in [0.25, 0.3) is 22.6 Å². The van der Waals surface area contributed by atoms with E-state index in [1.807, 2.05) is 4.57 Å². The highest BCUT2D eigenvalue weighted by atomic mass is 35.5. The van der Waals surface area contributed by atoms with Gasteiger partial charge in [-0.2, -0.15) is 4.98 Å². The van der Waals surface area contributed by atoms with Gasteiger partial charge in [-0.15, -0.1) is 0 Å². The van der Waals surface area contributed by atoms with Crippen molar-refractivity contribution >= 4 is 40.3 Å². The van der Waals surface area contributed by atoms with E-state index in [9.17, 15) is 13.9 Å². The van der Waals surface area contributed by atoms with Gasteiger partial charge in [-0.3, -0.25) is 0 Å². The molecule has 1 saturated heterocycles. The van der Waals surface area contributed by atoms with Crippen LogP contribution in [-0.2, 0) is 19.7 Å². The van der Waals surface area contributed by atoms with Crippen LogP contribution >= 0.6 is 23.2 Å². The van der Waals surface area contributed by atoms with Gasteiger partial charge in [0, 0.05) is 13.1 Å². The molecule has 4 aromatic rings. The summed E-state index contributed by atoms with van der Waals surface area (Å²) in [7, 11) is 0. The summed E-state index contributed by atoms with van der Waals surface area (Å²) in [5.74, 6) is -0.542. The average Bonchev–Trinajstić information content (AvgIpc) is 3.21. The molecule has 0 unspecified atom stereocenters. The maximum absolute atomic E-state index is 13.6. The summed E-state index contributed by atoms with van der Waals surface area (Å²) in [6, 6.07) is 7.08. The molecule has 0 saturated carbocycles. The van der Waals surface area contributed by atoms with Crippen molar-refractivity contribution in [2.75, 3.05) is 18.4 Å². The number of fused-ring (bicyclic) bond motifs is 1. The quantitative estimate of drug-likeness (QED) is 0.304. The first-order valence-electron chi connectivity index (χ1n) is 11.6. The van der Waals surface area contributed by atoms with E-state index < -0.39 is 11.6 Å². The Morgan fingerprint density at radius 1 is 1.08 bits per heavy atom. The zero-order chi connectivity index (χ0) is 25.2. The van der Waals surface area contributed by atoms with Gasteiger partial charge in [0.05, 0.1) is 28.4 Å². The minimum Gasteiger partial charge on any atom is -0.392 e. The maximum Gasteiger partial charge on any atom is 0.225 e. The lowest BCUT2D eigenvalue weighted by Crippen LogP contribution is -2.32. The fraction of sp³-hybridized carbons (Fsp3) is 0.320. The van der Waals surface area contributed by atoms with Crippen molar-refractivity contribution < 1.29 is 13.9 Å². The molecule has 0 radical (unpaired) electrons. The van der Waals surface area contributed by atoms with E-state index in [1.54, 1.807) is 18.3 Å². The number of aliphatic hydroxyl groups is 1. The number of rotatable bonds is 7. The highest BCUT2D eigenvalue weighted by Crippen LogP contribution is 2.37. The van der Waals surface area contributed by atoms with Crippen molar-refractivity contribution in [1.29, 1.82) is 0 Å². The van der Waals surface area contributed by atoms with E-state index in [1.165, 1.54) is 6.07 Å². The monoisotopic (exact) mass is 532 g/mol. The topological polar surface area (TPSA) is 87.9 Å². The normalized spacial score (nSPS) is 16.0. The summed E-state index contributed by atoms with van der Waals surface area (Å²) < 4.78 is 28.8. The van der Waals surface area contributed by atoms with Gasteiger partial charge in [0.25, 0.3) is 0 Å². The Morgan fingerprint density at radius 3 is 2.58 bits per heavy atom. The van der Waals surface area contributed by atoms with Gasteiger partial charge in [0.1, 0.15) is 11.3 Å². The van der Waals surface area contributed by atoms with Crippen LogP contribution in [0, 0.1) is 17.6 Å². The number of halogens is 4. The number of aliphatic hydroxyl groups excluding tert-OH is 1. The first kappa shape index (κ1) is 24.8. The number of hydrogen-bond donors (Lipinski definition) is 3. The van der Waals surface area contributed by atoms with E-state index in [0.717, 1.165) is 38.1 Å². The Bertz CT molecular complexity index is 1380. The van der Waals surface area contributed by atoms with Crippen LogP contribution in [0.5, 0.6) is 0 Å². The first-order chi connectivity index (χ1) is 17.4. The van der Waals surface area contributed by atoms with Gasteiger partial charge in [-0.05, 0) is 67.2 Å². The third-order valence-corrected chi connectivity index (χ3v) is 6.87. The van der Waals surface area contributed by atoms with Crippen LogP contribution < -0.4 is 10.6 Å². The number of imidazole rings is 1. The molecule has 1 aliphatic heterocycles. The second kappa shape index (κ2) is 10.6. The highest BCUT2D eigenvalue weighted by Gasteiger charge is 2.23. The Balaban J connectivity index is 1.54. The van der Waals surface area contributed by atoms with Crippen LogP contribution in [-0.4, -0.2) is 37.7 Å². The van der Waals surface area contributed by atoms with Gasteiger partial charge in [0.2, 0.25) is 5.95 Å². The zero-order valence-corrected chi connectivity index (χ0v) is 20.8. The molecule has 3 N–H and O–H groups in total. The minimum atomic E-state index is -0.907. The third-order valence-electron chi connectivity index (χ3n) is 6.27. The number of hydrogen-bond acceptors (Lipinski definition) is 6. The number of aromatic nitrogens is 4. The van der Waals surface area contributed by atoms with Gasteiger partial charge in [0.15, 0.2) is 17.3 Å². The smallest absolute Gasteiger partial charge is 0.225 e. The van der Waals surface area contributed by atoms with Gasteiger partial charge < -0.3 is 20.3 Å². The summed E-state index contributed by atoms with van der Waals surface area (Å²) in [6.07, 6.45) is 3.75. The van der Waals surface area contributed by atoms with Crippen LogP contribution in [0.15, 0.2) is 36.5 Å². The molecular weight excluding hydrogens is 509 g/mol. The molecule has 1 atom stereocenters. The minimum absolute atomic E-state index is 0.178. The molecule has 36 heavy (non-hydrogen) atoms. The Hall–Kier alpha value is -2.85. The molecule has 0 aliphatic carbocycles. The van der Waals surface area contributed by atoms with E-state index in [-0.39, 0.29) is 13.2 Å². The molecule has 188 valence electrons. The number of nitrogens with one attached hydrogen (secondary N) is 2. The van der Waals surface area contributed by atoms with Crippen LogP contribution in [0.2, 0.25) is 10.0 Å². The zero-order valence-electron chi connectivity index (χ0n) is 19.2. The van der Waals surface area contributed by atoms with Crippen LogP contribution in [0.3, 0.4) is 0 Å². The Labute approximate surface area is 216 Å². The number of nitrogens with zero attached hydrogens (tertiary/aromatic N) is 4. The molecular formula is C25H24Cl2F2N6O. The van der Waals surface area contributed by atoms with Crippen molar-refractivity contribution in [3.8, 4) is 11.4 Å². The van der Waals surface area contributed by atoms with E-state index in [0.29, 0.717) is 62.1 Å². The predicted octanol–water partition coefficient (Wildman–Crippen LogP) is 5.18.